The van der Waals surface area contributed by atoms with Crippen molar-refractivity contribution in [2.45, 2.75) is 26.3 Å². The first kappa shape index (κ1) is 18.3. The number of nitrogens with one attached hydrogen (secondary N) is 1. The largest absolute Gasteiger partial charge is 0.340 e. The number of sulfone groups is 1. The second kappa shape index (κ2) is 7.03. The molecule has 1 aliphatic rings. The van der Waals surface area contributed by atoms with Crippen LogP contribution in [0.1, 0.15) is 28.0 Å². The summed E-state index contributed by atoms with van der Waals surface area (Å²) in [6.07, 6.45) is 1.79. The summed E-state index contributed by atoms with van der Waals surface area (Å²) < 4.78 is 23.3. The molecule has 1 unspecified atom stereocenters. The summed E-state index contributed by atoms with van der Waals surface area (Å²) in [5, 5.41) is 3.17. The topological polar surface area (TPSA) is 92.3 Å². The Morgan fingerprint density at radius 2 is 1.96 bits per heavy atom. The molecule has 26 heavy (non-hydrogen) atoms. The van der Waals surface area contributed by atoms with Crippen LogP contribution < -0.4 is 5.32 Å². The molecule has 2 aromatic rings. The van der Waals surface area contributed by atoms with Gasteiger partial charge in [0.15, 0.2) is 9.84 Å². The minimum Gasteiger partial charge on any atom is -0.340 e. The van der Waals surface area contributed by atoms with E-state index in [1.807, 2.05) is 32.0 Å². The molecule has 1 aromatic carbocycles. The fourth-order valence-electron chi connectivity index (χ4n) is 2.94. The van der Waals surface area contributed by atoms with Gasteiger partial charge in [-0.25, -0.2) is 18.4 Å². The summed E-state index contributed by atoms with van der Waals surface area (Å²) in [6, 6.07) is 7.24. The van der Waals surface area contributed by atoms with E-state index in [1.165, 1.54) is 16.8 Å². The molecule has 1 amide bonds. The molecular weight excluding hydrogens is 352 g/mol. The van der Waals surface area contributed by atoms with Crippen LogP contribution in [-0.4, -0.2) is 53.8 Å². The molecule has 1 fully saturated rings. The molecule has 3 rings (SSSR count). The lowest BCUT2D eigenvalue weighted by Crippen LogP contribution is -2.38. The molecule has 138 valence electrons. The fraction of sp³-hybridized carbons (Fsp3) is 0.389. The average molecular weight is 374 g/mol. The second-order valence-electron chi connectivity index (χ2n) is 6.69. The first-order chi connectivity index (χ1) is 12.2. The lowest BCUT2D eigenvalue weighted by Gasteiger charge is -2.23. The Balaban J connectivity index is 1.76. The predicted molar refractivity (Wildman–Crippen MR) is 100 cm³/mol. The SMILES string of the molecule is Cc1ccc(Nc2cc(C(=O)N(C)C3CCS(=O)(=O)C3)ncn2)cc1C. The molecular formula is C18H22N4O3S. The Bertz CT molecular complexity index is 943. The van der Waals surface area contributed by atoms with Crippen LogP contribution in [0.4, 0.5) is 11.5 Å². The van der Waals surface area contributed by atoms with E-state index in [4.69, 9.17) is 0 Å². The van der Waals surface area contributed by atoms with Crippen LogP contribution >= 0.6 is 0 Å². The Hall–Kier alpha value is -2.48. The third kappa shape index (κ3) is 4.01. The van der Waals surface area contributed by atoms with Gasteiger partial charge in [-0.05, 0) is 43.5 Å². The Morgan fingerprint density at radius 3 is 2.62 bits per heavy atom. The summed E-state index contributed by atoms with van der Waals surface area (Å²) in [4.78, 5) is 22.3. The molecule has 8 heteroatoms. The number of aromatic nitrogens is 2. The number of amides is 1. The van der Waals surface area contributed by atoms with Crippen molar-refractivity contribution in [3.8, 4) is 0 Å². The molecule has 1 aromatic heterocycles. The second-order valence-corrected chi connectivity index (χ2v) is 8.91. The number of nitrogens with zero attached hydrogens (tertiary/aromatic N) is 3. The van der Waals surface area contributed by atoms with E-state index in [-0.39, 0.29) is 29.1 Å². The Morgan fingerprint density at radius 1 is 1.19 bits per heavy atom. The summed E-state index contributed by atoms with van der Waals surface area (Å²) in [7, 11) is -1.43. The van der Waals surface area contributed by atoms with Crippen LogP contribution in [-0.2, 0) is 9.84 Å². The number of hydrogen-bond donors (Lipinski definition) is 1. The minimum atomic E-state index is -3.05. The highest BCUT2D eigenvalue weighted by molar-refractivity contribution is 7.91. The maximum Gasteiger partial charge on any atom is 0.272 e. The van der Waals surface area contributed by atoms with Gasteiger partial charge in [0.1, 0.15) is 17.8 Å². The van der Waals surface area contributed by atoms with Gasteiger partial charge in [-0.3, -0.25) is 4.79 Å². The van der Waals surface area contributed by atoms with E-state index in [9.17, 15) is 13.2 Å². The molecule has 1 aliphatic heterocycles. The van der Waals surface area contributed by atoms with Gasteiger partial charge < -0.3 is 10.2 Å². The van der Waals surface area contributed by atoms with Gasteiger partial charge in [0.05, 0.1) is 11.5 Å². The summed E-state index contributed by atoms with van der Waals surface area (Å²) in [6.45, 7) is 4.07. The summed E-state index contributed by atoms with van der Waals surface area (Å²) in [5.74, 6) is 0.337. The van der Waals surface area contributed by atoms with Crippen LogP contribution in [0.15, 0.2) is 30.6 Å². The zero-order valence-corrected chi connectivity index (χ0v) is 15.9. The molecule has 1 saturated heterocycles. The molecule has 2 heterocycles. The third-order valence-electron chi connectivity index (χ3n) is 4.74. The lowest BCUT2D eigenvalue weighted by atomic mass is 10.1. The maximum atomic E-state index is 12.7. The van der Waals surface area contributed by atoms with Crippen molar-refractivity contribution in [3.05, 3.63) is 47.4 Å². The first-order valence-electron chi connectivity index (χ1n) is 8.39. The van der Waals surface area contributed by atoms with Crippen molar-refractivity contribution in [2.75, 3.05) is 23.9 Å². The number of carbonyl (C=O) groups excluding carboxylic acids is 1. The highest BCUT2D eigenvalue weighted by atomic mass is 32.2. The maximum absolute atomic E-state index is 12.7. The van der Waals surface area contributed by atoms with Crippen molar-refractivity contribution in [3.63, 3.8) is 0 Å². The number of hydrogen-bond acceptors (Lipinski definition) is 6. The minimum absolute atomic E-state index is 0.00801. The fourth-order valence-corrected chi connectivity index (χ4v) is 4.71. The van der Waals surface area contributed by atoms with E-state index >= 15 is 0 Å². The highest BCUT2D eigenvalue weighted by Crippen LogP contribution is 2.21. The molecule has 1 atom stereocenters. The van der Waals surface area contributed by atoms with Crippen molar-refractivity contribution >= 4 is 27.2 Å². The zero-order valence-electron chi connectivity index (χ0n) is 15.1. The predicted octanol–water partition coefficient (Wildman–Crippen LogP) is 2.10. The van der Waals surface area contributed by atoms with E-state index in [2.05, 4.69) is 15.3 Å². The summed E-state index contributed by atoms with van der Waals surface area (Å²) in [5.41, 5.74) is 3.46. The van der Waals surface area contributed by atoms with E-state index in [0.29, 0.717) is 12.2 Å². The van der Waals surface area contributed by atoms with Gasteiger partial charge >= 0.3 is 0 Å². The van der Waals surface area contributed by atoms with Gasteiger partial charge in [0.25, 0.3) is 5.91 Å². The van der Waals surface area contributed by atoms with E-state index in [0.717, 1.165) is 11.3 Å². The number of benzene rings is 1. The van der Waals surface area contributed by atoms with Crippen LogP contribution in [0, 0.1) is 13.8 Å². The van der Waals surface area contributed by atoms with Crippen LogP contribution in [0.25, 0.3) is 0 Å². The monoisotopic (exact) mass is 374 g/mol. The quantitative estimate of drug-likeness (QED) is 0.881. The summed E-state index contributed by atoms with van der Waals surface area (Å²) >= 11 is 0. The molecule has 0 radical (unpaired) electrons. The molecule has 0 spiro atoms. The number of carbonyl (C=O) groups is 1. The van der Waals surface area contributed by atoms with Gasteiger partial charge in [-0.1, -0.05) is 6.07 Å². The Kier molecular flexibility index (Phi) is 4.95. The van der Waals surface area contributed by atoms with E-state index in [1.54, 1.807) is 13.1 Å². The highest BCUT2D eigenvalue weighted by Gasteiger charge is 2.33. The number of anilines is 2. The standard InChI is InChI=1S/C18H22N4O3S/c1-12-4-5-14(8-13(12)2)21-17-9-16(19-11-20-17)18(23)22(3)15-6-7-26(24,25)10-15/h4-5,8-9,11,15H,6-7,10H2,1-3H3,(H,19,20,21). The van der Waals surface area contributed by atoms with Crippen molar-refractivity contribution in [2.24, 2.45) is 0 Å². The van der Waals surface area contributed by atoms with Crippen molar-refractivity contribution in [1.29, 1.82) is 0 Å². The van der Waals surface area contributed by atoms with Gasteiger partial charge in [-0.15, -0.1) is 0 Å². The van der Waals surface area contributed by atoms with Crippen molar-refractivity contribution < 1.29 is 13.2 Å². The molecule has 0 saturated carbocycles. The lowest BCUT2D eigenvalue weighted by molar-refractivity contribution is 0.0741. The van der Waals surface area contributed by atoms with Crippen LogP contribution in [0.3, 0.4) is 0 Å². The zero-order chi connectivity index (χ0) is 18.9. The average Bonchev–Trinajstić information content (AvgIpc) is 2.97. The number of aryl methyl sites for hydroxylation is 2. The van der Waals surface area contributed by atoms with Crippen LogP contribution in [0.5, 0.6) is 0 Å². The molecule has 0 aliphatic carbocycles. The molecule has 7 nitrogen and oxygen atoms in total. The van der Waals surface area contributed by atoms with Gasteiger partial charge in [0.2, 0.25) is 0 Å². The first-order valence-corrected chi connectivity index (χ1v) is 10.2. The number of rotatable bonds is 4. The third-order valence-corrected chi connectivity index (χ3v) is 6.49. The van der Waals surface area contributed by atoms with Crippen molar-refractivity contribution in [1.82, 2.24) is 14.9 Å². The normalized spacial score (nSPS) is 18.5. The smallest absolute Gasteiger partial charge is 0.272 e. The van der Waals surface area contributed by atoms with Gasteiger partial charge in [0, 0.05) is 24.8 Å². The van der Waals surface area contributed by atoms with Gasteiger partial charge in [-0.2, -0.15) is 0 Å². The molecule has 1 N–H and O–H groups in total. The Labute approximate surface area is 153 Å². The molecule has 0 bridgehead atoms. The van der Waals surface area contributed by atoms with Crippen LogP contribution in [0.2, 0.25) is 0 Å². The van der Waals surface area contributed by atoms with E-state index < -0.39 is 9.84 Å².